The third-order valence-corrected chi connectivity index (χ3v) is 4.88. The molecule has 0 bridgehead atoms. The molecule has 0 saturated heterocycles. The van der Waals surface area contributed by atoms with Gasteiger partial charge in [0.2, 0.25) is 0 Å². The predicted octanol–water partition coefficient (Wildman–Crippen LogP) is 5.05. The van der Waals surface area contributed by atoms with Gasteiger partial charge < -0.3 is 0 Å². The molecule has 22 heavy (non-hydrogen) atoms. The first kappa shape index (κ1) is 14.9. The van der Waals surface area contributed by atoms with E-state index in [4.69, 9.17) is 0 Å². The molecule has 2 heterocycles. The van der Waals surface area contributed by atoms with Crippen molar-refractivity contribution in [2.75, 3.05) is 5.32 Å². The van der Waals surface area contributed by atoms with Gasteiger partial charge in [-0.15, -0.1) is 11.3 Å². The first-order valence-corrected chi connectivity index (χ1v) is 8.74. The van der Waals surface area contributed by atoms with E-state index in [0.29, 0.717) is 10.7 Å². The summed E-state index contributed by atoms with van der Waals surface area (Å²) in [6.45, 7) is 6.29. The molecule has 0 radical (unpaired) electrons. The molecule has 0 atom stereocenters. The monoisotopic (exact) mass is 328 g/mol. The second-order valence-corrected chi connectivity index (χ2v) is 6.92. The van der Waals surface area contributed by atoms with E-state index in [1.54, 1.807) is 0 Å². The van der Waals surface area contributed by atoms with Gasteiger partial charge in [-0.3, -0.25) is 10.1 Å². The molecule has 3 nitrogen and oxygen atoms in total. The van der Waals surface area contributed by atoms with E-state index in [2.05, 4.69) is 43.2 Å². The summed E-state index contributed by atoms with van der Waals surface area (Å²) in [4.78, 5) is 16.6. The molecule has 0 unspecified atom stereocenters. The highest BCUT2D eigenvalue weighted by Crippen LogP contribution is 2.31. The molecule has 1 aromatic carbocycles. The van der Waals surface area contributed by atoms with Crippen LogP contribution in [0.3, 0.4) is 0 Å². The summed E-state index contributed by atoms with van der Waals surface area (Å²) in [6.07, 6.45) is 0. The fourth-order valence-corrected chi connectivity index (χ4v) is 3.93. The number of carbonyl (C=O) groups excluding carboxylic acids is 1. The minimum Gasteiger partial charge on any atom is -0.298 e. The van der Waals surface area contributed by atoms with Gasteiger partial charge >= 0.3 is 0 Å². The van der Waals surface area contributed by atoms with Gasteiger partial charge in [0, 0.05) is 16.3 Å². The van der Waals surface area contributed by atoms with Gasteiger partial charge in [-0.2, -0.15) is 11.3 Å². The van der Waals surface area contributed by atoms with Crippen LogP contribution in [0.4, 0.5) is 5.13 Å². The van der Waals surface area contributed by atoms with Gasteiger partial charge in [0.1, 0.15) is 0 Å². The minimum absolute atomic E-state index is 0.112. The van der Waals surface area contributed by atoms with Crippen molar-refractivity contribution in [2.45, 2.75) is 20.8 Å². The van der Waals surface area contributed by atoms with Crippen LogP contribution in [-0.4, -0.2) is 10.9 Å². The van der Waals surface area contributed by atoms with Gasteiger partial charge in [-0.1, -0.05) is 17.7 Å². The van der Waals surface area contributed by atoms with Gasteiger partial charge in [-0.25, -0.2) is 4.98 Å². The molecule has 0 saturated carbocycles. The molecule has 0 spiro atoms. The van der Waals surface area contributed by atoms with Crippen LogP contribution in [0.5, 0.6) is 0 Å². The standard InChI is InChI=1S/C17H16N2OS2/c1-10-6-11(2)15(12(3)7-10)14-9-22-17(18-14)19-16(20)13-4-5-21-8-13/h4-9H,1-3H3,(H,18,19,20). The average Bonchev–Trinajstić information content (AvgIpc) is 3.08. The molecule has 3 rings (SSSR count). The van der Waals surface area contributed by atoms with Crippen LogP contribution in [0.15, 0.2) is 34.3 Å². The highest BCUT2D eigenvalue weighted by atomic mass is 32.1. The lowest BCUT2D eigenvalue weighted by Crippen LogP contribution is -2.10. The molecule has 0 fully saturated rings. The van der Waals surface area contributed by atoms with Crippen LogP contribution in [0, 0.1) is 20.8 Å². The number of nitrogens with zero attached hydrogens (tertiary/aromatic N) is 1. The van der Waals surface area contributed by atoms with E-state index < -0.39 is 0 Å². The van der Waals surface area contributed by atoms with Crippen LogP contribution in [0.25, 0.3) is 11.3 Å². The van der Waals surface area contributed by atoms with Crippen molar-refractivity contribution in [1.82, 2.24) is 4.98 Å². The predicted molar refractivity (Wildman–Crippen MR) is 94.0 cm³/mol. The molecule has 1 amide bonds. The Balaban J connectivity index is 1.87. The Morgan fingerprint density at radius 1 is 1.14 bits per heavy atom. The second kappa shape index (κ2) is 6.02. The number of nitrogens with one attached hydrogen (secondary N) is 1. The lowest BCUT2D eigenvalue weighted by atomic mass is 9.98. The van der Waals surface area contributed by atoms with Crippen molar-refractivity contribution < 1.29 is 4.79 Å². The molecular weight excluding hydrogens is 312 g/mol. The Bertz CT molecular complexity index is 796. The maximum Gasteiger partial charge on any atom is 0.258 e. The second-order valence-electron chi connectivity index (χ2n) is 5.28. The third kappa shape index (κ3) is 2.96. The molecule has 0 aliphatic heterocycles. The molecule has 2 aromatic heterocycles. The Morgan fingerprint density at radius 3 is 2.50 bits per heavy atom. The number of amides is 1. The van der Waals surface area contributed by atoms with Gasteiger partial charge in [0.15, 0.2) is 5.13 Å². The maximum atomic E-state index is 12.1. The van der Waals surface area contributed by atoms with Crippen LogP contribution >= 0.6 is 22.7 Å². The zero-order valence-corrected chi connectivity index (χ0v) is 14.3. The van der Waals surface area contributed by atoms with E-state index in [9.17, 15) is 4.79 Å². The lowest BCUT2D eigenvalue weighted by molar-refractivity contribution is 0.102. The summed E-state index contributed by atoms with van der Waals surface area (Å²) in [5.74, 6) is -0.112. The summed E-state index contributed by atoms with van der Waals surface area (Å²) in [7, 11) is 0. The third-order valence-electron chi connectivity index (χ3n) is 3.44. The SMILES string of the molecule is Cc1cc(C)c(-c2csc(NC(=O)c3ccsc3)n2)c(C)c1. The summed E-state index contributed by atoms with van der Waals surface area (Å²) in [5.41, 5.74) is 6.40. The van der Waals surface area contributed by atoms with Crippen molar-refractivity contribution in [2.24, 2.45) is 0 Å². The highest BCUT2D eigenvalue weighted by molar-refractivity contribution is 7.14. The van der Waals surface area contributed by atoms with Crippen LogP contribution in [0.2, 0.25) is 0 Å². The van der Waals surface area contributed by atoms with Crippen LogP contribution < -0.4 is 5.32 Å². The van der Waals surface area contributed by atoms with Gasteiger partial charge in [0.25, 0.3) is 5.91 Å². The van der Waals surface area contributed by atoms with Crippen molar-refractivity contribution in [3.8, 4) is 11.3 Å². The molecule has 0 aliphatic rings. The number of thiazole rings is 1. The summed E-state index contributed by atoms with van der Waals surface area (Å²) in [5, 5.41) is 9.21. The van der Waals surface area contributed by atoms with Gasteiger partial charge in [0.05, 0.1) is 11.3 Å². The van der Waals surface area contributed by atoms with E-state index >= 15 is 0 Å². The number of carbonyl (C=O) groups is 1. The average molecular weight is 328 g/mol. The fourth-order valence-electron chi connectivity index (χ4n) is 2.59. The molecule has 5 heteroatoms. The van der Waals surface area contributed by atoms with Gasteiger partial charge in [-0.05, 0) is 43.3 Å². The van der Waals surface area contributed by atoms with Crippen molar-refractivity contribution in [3.63, 3.8) is 0 Å². The first-order chi connectivity index (χ1) is 10.5. The Kier molecular flexibility index (Phi) is 4.09. The number of aryl methyl sites for hydroxylation is 3. The summed E-state index contributed by atoms with van der Waals surface area (Å²) in [6, 6.07) is 6.12. The van der Waals surface area contributed by atoms with Crippen molar-refractivity contribution in [1.29, 1.82) is 0 Å². The number of thiophene rings is 1. The zero-order valence-electron chi connectivity index (χ0n) is 12.6. The van der Waals surface area contributed by atoms with Crippen LogP contribution in [-0.2, 0) is 0 Å². The smallest absolute Gasteiger partial charge is 0.258 e. The number of rotatable bonds is 3. The lowest BCUT2D eigenvalue weighted by Gasteiger charge is -2.08. The number of hydrogen-bond donors (Lipinski definition) is 1. The largest absolute Gasteiger partial charge is 0.298 e. The topological polar surface area (TPSA) is 42.0 Å². The van der Waals surface area contributed by atoms with E-state index in [1.807, 2.05) is 22.2 Å². The summed E-state index contributed by atoms with van der Waals surface area (Å²) < 4.78 is 0. The number of aromatic nitrogens is 1. The molecule has 3 aromatic rings. The van der Waals surface area contributed by atoms with E-state index in [1.165, 1.54) is 39.4 Å². The molecular formula is C17H16N2OS2. The number of hydrogen-bond acceptors (Lipinski definition) is 4. The number of anilines is 1. The highest BCUT2D eigenvalue weighted by Gasteiger charge is 2.13. The van der Waals surface area contributed by atoms with E-state index in [-0.39, 0.29) is 5.91 Å². The minimum atomic E-state index is -0.112. The molecule has 112 valence electrons. The number of benzene rings is 1. The quantitative estimate of drug-likeness (QED) is 0.731. The Morgan fingerprint density at radius 2 is 1.86 bits per heavy atom. The Hall–Kier alpha value is -1.98. The van der Waals surface area contributed by atoms with Crippen molar-refractivity contribution in [3.05, 3.63) is 56.6 Å². The normalized spacial score (nSPS) is 10.7. The maximum absolute atomic E-state index is 12.1. The molecule has 0 aliphatic carbocycles. The Labute approximate surface area is 137 Å². The van der Waals surface area contributed by atoms with Crippen molar-refractivity contribution >= 4 is 33.7 Å². The zero-order chi connectivity index (χ0) is 15.7. The first-order valence-electron chi connectivity index (χ1n) is 6.92. The van der Waals surface area contributed by atoms with Crippen LogP contribution in [0.1, 0.15) is 27.0 Å². The van der Waals surface area contributed by atoms with E-state index in [0.717, 1.165) is 11.3 Å². The summed E-state index contributed by atoms with van der Waals surface area (Å²) >= 11 is 2.96. The fraction of sp³-hybridized carbons (Fsp3) is 0.176. The molecule has 1 N–H and O–H groups in total.